The standard InChI is InChI=1S/C18H28N2O3/c1-15-8-12-20(13-9-15)11-3-10-19-18(21)14-23-17-6-4-16(22-2)5-7-17/h4-7,15H,3,8-14H2,1-2H3,(H,19,21). The normalized spacial score (nSPS) is 16.1. The van der Waals surface area contributed by atoms with Crippen molar-refractivity contribution in [3.05, 3.63) is 24.3 Å². The third-order valence-corrected chi connectivity index (χ3v) is 4.28. The van der Waals surface area contributed by atoms with Crippen LogP contribution in [0.2, 0.25) is 0 Å². The summed E-state index contributed by atoms with van der Waals surface area (Å²) in [6, 6.07) is 7.21. The Morgan fingerprint density at radius 1 is 1.22 bits per heavy atom. The molecule has 0 bridgehead atoms. The van der Waals surface area contributed by atoms with Crippen molar-refractivity contribution >= 4 is 5.91 Å². The van der Waals surface area contributed by atoms with Crippen LogP contribution < -0.4 is 14.8 Å². The van der Waals surface area contributed by atoms with Gasteiger partial charge in [-0.25, -0.2) is 0 Å². The van der Waals surface area contributed by atoms with Crippen LogP contribution in [0.4, 0.5) is 0 Å². The SMILES string of the molecule is COc1ccc(OCC(=O)NCCCN2CCC(C)CC2)cc1. The first-order valence-electron chi connectivity index (χ1n) is 8.43. The molecule has 2 rings (SSSR count). The number of methoxy groups -OCH3 is 1. The Morgan fingerprint density at radius 2 is 1.87 bits per heavy atom. The van der Waals surface area contributed by atoms with Gasteiger partial charge in [0.15, 0.2) is 6.61 Å². The van der Waals surface area contributed by atoms with Crippen LogP contribution in [0.25, 0.3) is 0 Å². The fourth-order valence-electron chi connectivity index (χ4n) is 2.69. The molecule has 128 valence electrons. The van der Waals surface area contributed by atoms with Gasteiger partial charge in [0.2, 0.25) is 0 Å². The second-order valence-electron chi connectivity index (χ2n) is 6.19. The molecule has 0 unspecified atom stereocenters. The van der Waals surface area contributed by atoms with Gasteiger partial charge in [-0.2, -0.15) is 0 Å². The van der Waals surface area contributed by atoms with Crippen LogP contribution >= 0.6 is 0 Å². The first kappa shape index (κ1) is 17.6. The maximum absolute atomic E-state index is 11.8. The Bertz CT molecular complexity index is 468. The van der Waals surface area contributed by atoms with E-state index in [-0.39, 0.29) is 12.5 Å². The topological polar surface area (TPSA) is 50.8 Å². The van der Waals surface area contributed by atoms with E-state index in [0.717, 1.165) is 24.6 Å². The summed E-state index contributed by atoms with van der Waals surface area (Å²) in [5.41, 5.74) is 0. The lowest BCUT2D eigenvalue weighted by molar-refractivity contribution is -0.123. The van der Waals surface area contributed by atoms with E-state index in [9.17, 15) is 4.79 Å². The third-order valence-electron chi connectivity index (χ3n) is 4.28. The molecule has 0 saturated carbocycles. The molecule has 0 radical (unpaired) electrons. The smallest absolute Gasteiger partial charge is 0.257 e. The fraction of sp³-hybridized carbons (Fsp3) is 0.611. The summed E-state index contributed by atoms with van der Waals surface area (Å²) in [6.07, 6.45) is 3.58. The zero-order chi connectivity index (χ0) is 16.5. The minimum atomic E-state index is -0.0758. The van der Waals surface area contributed by atoms with E-state index in [4.69, 9.17) is 9.47 Å². The van der Waals surface area contributed by atoms with Crippen LogP contribution in [0.5, 0.6) is 11.5 Å². The van der Waals surface area contributed by atoms with Gasteiger partial charge >= 0.3 is 0 Å². The number of nitrogens with one attached hydrogen (secondary N) is 1. The van der Waals surface area contributed by atoms with Crippen LogP contribution in [0.3, 0.4) is 0 Å². The van der Waals surface area contributed by atoms with E-state index in [1.54, 1.807) is 19.2 Å². The van der Waals surface area contributed by atoms with Crippen molar-refractivity contribution in [1.29, 1.82) is 0 Å². The lowest BCUT2D eigenvalue weighted by atomic mass is 9.99. The van der Waals surface area contributed by atoms with Gasteiger partial charge in [-0.3, -0.25) is 4.79 Å². The highest BCUT2D eigenvalue weighted by Gasteiger charge is 2.14. The summed E-state index contributed by atoms with van der Waals surface area (Å²) in [7, 11) is 1.62. The van der Waals surface area contributed by atoms with E-state index in [0.29, 0.717) is 12.3 Å². The molecular formula is C18H28N2O3. The number of amides is 1. The number of rotatable bonds is 8. The molecule has 1 aromatic carbocycles. The van der Waals surface area contributed by atoms with Gasteiger partial charge in [0.1, 0.15) is 11.5 Å². The predicted octanol–water partition coefficient (Wildman–Crippen LogP) is 2.31. The van der Waals surface area contributed by atoms with E-state index >= 15 is 0 Å². The largest absolute Gasteiger partial charge is 0.497 e. The molecule has 0 aromatic heterocycles. The molecule has 1 aliphatic rings. The van der Waals surface area contributed by atoms with Crippen LogP contribution in [0.15, 0.2) is 24.3 Å². The molecule has 0 spiro atoms. The van der Waals surface area contributed by atoms with Gasteiger partial charge in [-0.15, -0.1) is 0 Å². The lowest BCUT2D eigenvalue weighted by Crippen LogP contribution is -2.36. The first-order valence-corrected chi connectivity index (χ1v) is 8.43. The van der Waals surface area contributed by atoms with E-state index in [1.165, 1.54) is 25.9 Å². The summed E-state index contributed by atoms with van der Waals surface area (Å²) in [6.45, 7) is 6.52. The number of hydrogen-bond acceptors (Lipinski definition) is 4. The zero-order valence-electron chi connectivity index (χ0n) is 14.2. The molecule has 1 aromatic rings. The Balaban J connectivity index is 1.54. The molecule has 1 fully saturated rings. The lowest BCUT2D eigenvalue weighted by Gasteiger charge is -2.30. The Kier molecular flexibility index (Phi) is 7.20. The molecule has 5 heteroatoms. The van der Waals surface area contributed by atoms with Crippen molar-refractivity contribution in [2.45, 2.75) is 26.2 Å². The van der Waals surface area contributed by atoms with E-state index in [1.807, 2.05) is 12.1 Å². The zero-order valence-corrected chi connectivity index (χ0v) is 14.2. The Morgan fingerprint density at radius 3 is 2.52 bits per heavy atom. The highest BCUT2D eigenvalue weighted by atomic mass is 16.5. The number of hydrogen-bond donors (Lipinski definition) is 1. The molecule has 1 aliphatic heterocycles. The summed E-state index contributed by atoms with van der Waals surface area (Å²) >= 11 is 0. The fourth-order valence-corrected chi connectivity index (χ4v) is 2.69. The monoisotopic (exact) mass is 320 g/mol. The maximum Gasteiger partial charge on any atom is 0.257 e. The van der Waals surface area contributed by atoms with E-state index in [2.05, 4.69) is 17.1 Å². The first-order chi connectivity index (χ1) is 11.2. The number of carbonyl (C=O) groups excluding carboxylic acids is 1. The summed E-state index contributed by atoms with van der Waals surface area (Å²) < 4.78 is 10.5. The number of piperidine rings is 1. The second-order valence-corrected chi connectivity index (χ2v) is 6.19. The summed E-state index contributed by atoms with van der Waals surface area (Å²) in [4.78, 5) is 14.2. The molecule has 0 aliphatic carbocycles. The third kappa shape index (κ3) is 6.48. The summed E-state index contributed by atoms with van der Waals surface area (Å²) in [5.74, 6) is 2.23. The van der Waals surface area contributed by atoms with Gasteiger partial charge in [0, 0.05) is 6.54 Å². The molecule has 1 amide bonds. The molecule has 1 N–H and O–H groups in total. The van der Waals surface area contributed by atoms with Gasteiger partial charge in [-0.1, -0.05) is 6.92 Å². The maximum atomic E-state index is 11.8. The molecular weight excluding hydrogens is 292 g/mol. The van der Waals surface area contributed by atoms with Crippen molar-refractivity contribution < 1.29 is 14.3 Å². The number of nitrogens with zero attached hydrogens (tertiary/aromatic N) is 1. The highest BCUT2D eigenvalue weighted by molar-refractivity contribution is 5.77. The van der Waals surface area contributed by atoms with Crippen molar-refractivity contribution in [3.8, 4) is 11.5 Å². The van der Waals surface area contributed by atoms with Gasteiger partial charge in [0.05, 0.1) is 7.11 Å². The highest BCUT2D eigenvalue weighted by Crippen LogP contribution is 2.17. The second kappa shape index (κ2) is 9.40. The van der Waals surface area contributed by atoms with E-state index < -0.39 is 0 Å². The van der Waals surface area contributed by atoms with Crippen LogP contribution in [0, 0.1) is 5.92 Å². The molecule has 1 saturated heterocycles. The average Bonchev–Trinajstić information content (AvgIpc) is 2.59. The minimum Gasteiger partial charge on any atom is -0.497 e. The van der Waals surface area contributed by atoms with Crippen LogP contribution in [-0.2, 0) is 4.79 Å². The van der Waals surface area contributed by atoms with Gasteiger partial charge in [-0.05, 0) is 69.1 Å². The quantitative estimate of drug-likeness (QED) is 0.747. The van der Waals surface area contributed by atoms with Crippen molar-refractivity contribution in [1.82, 2.24) is 10.2 Å². The van der Waals surface area contributed by atoms with Crippen molar-refractivity contribution in [2.75, 3.05) is 39.9 Å². The Hall–Kier alpha value is -1.75. The van der Waals surface area contributed by atoms with Crippen LogP contribution in [0.1, 0.15) is 26.2 Å². The van der Waals surface area contributed by atoms with Gasteiger partial charge in [0.25, 0.3) is 5.91 Å². The average molecular weight is 320 g/mol. The molecule has 23 heavy (non-hydrogen) atoms. The molecule has 0 atom stereocenters. The van der Waals surface area contributed by atoms with Crippen molar-refractivity contribution in [3.63, 3.8) is 0 Å². The number of benzene rings is 1. The Labute approximate surface area is 139 Å². The van der Waals surface area contributed by atoms with Crippen molar-refractivity contribution in [2.24, 2.45) is 5.92 Å². The molecule has 1 heterocycles. The number of ether oxygens (including phenoxy) is 2. The summed E-state index contributed by atoms with van der Waals surface area (Å²) in [5, 5.41) is 2.91. The molecule has 5 nitrogen and oxygen atoms in total. The number of carbonyl (C=O) groups is 1. The van der Waals surface area contributed by atoms with Crippen LogP contribution in [-0.4, -0.2) is 50.7 Å². The number of likely N-dealkylation sites (tertiary alicyclic amines) is 1. The predicted molar refractivity (Wildman–Crippen MR) is 91.0 cm³/mol. The minimum absolute atomic E-state index is 0.0492. The van der Waals surface area contributed by atoms with Gasteiger partial charge < -0.3 is 19.7 Å².